The van der Waals surface area contributed by atoms with E-state index in [0.29, 0.717) is 10.1 Å². The van der Waals surface area contributed by atoms with Crippen molar-refractivity contribution in [2.75, 3.05) is 10.2 Å². The van der Waals surface area contributed by atoms with Gasteiger partial charge in [-0.2, -0.15) is 0 Å². The van der Waals surface area contributed by atoms with Crippen LogP contribution >= 0.6 is 46.4 Å². The lowest BCUT2D eigenvalue weighted by molar-refractivity contribution is 0.521. The van der Waals surface area contributed by atoms with Crippen LogP contribution in [0.4, 0.5) is 11.4 Å². The molecule has 0 aliphatic carbocycles. The molecule has 0 radical (unpaired) electrons. The summed E-state index contributed by atoms with van der Waals surface area (Å²) in [5.41, 5.74) is 2.90. The molecule has 0 saturated heterocycles. The minimum Gasteiger partial charge on any atom is -0.332 e. The molecular formula is C19H18ClIN6S. The summed E-state index contributed by atoms with van der Waals surface area (Å²) in [6.07, 6.45) is 2.07. The molecule has 3 aromatic rings. The van der Waals surface area contributed by atoms with Gasteiger partial charge in [0.2, 0.25) is 0 Å². The molecule has 1 N–H and O–H groups in total. The lowest BCUT2D eigenvalue weighted by atomic mass is 9.99. The van der Waals surface area contributed by atoms with Gasteiger partial charge in [-0.15, -0.1) is 5.10 Å². The lowest BCUT2D eigenvalue weighted by Crippen LogP contribution is -2.44. The first kappa shape index (κ1) is 19.5. The minimum atomic E-state index is -0.243. The Morgan fingerprint density at radius 3 is 2.75 bits per heavy atom. The van der Waals surface area contributed by atoms with Gasteiger partial charge in [0.25, 0.3) is 0 Å². The summed E-state index contributed by atoms with van der Waals surface area (Å²) in [5, 5.41) is 17.1. The summed E-state index contributed by atoms with van der Waals surface area (Å²) in [6.45, 7) is 2.91. The highest BCUT2D eigenvalue weighted by molar-refractivity contribution is 14.1. The molecule has 28 heavy (non-hydrogen) atoms. The second-order valence-electron chi connectivity index (χ2n) is 6.52. The molecule has 9 heteroatoms. The van der Waals surface area contributed by atoms with E-state index in [1.807, 2.05) is 22.9 Å². The molecule has 2 heterocycles. The predicted octanol–water partition coefficient (Wildman–Crippen LogP) is 5.04. The maximum absolute atomic E-state index is 6.22. The molecule has 0 spiro atoms. The summed E-state index contributed by atoms with van der Waals surface area (Å²) in [7, 11) is 0. The Morgan fingerprint density at radius 2 is 2.00 bits per heavy atom. The van der Waals surface area contributed by atoms with E-state index in [4.69, 9.17) is 23.8 Å². The molecule has 0 saturated carbocycles. The molecule has 1 aliphatic heterocycles. The van der Waals surface area contributed by atoms with Gasteiger partial charge in [-0.25, -0.2) is 4.68 Å². The average Bonchev–Trinajstić information content (AvgIpc) is 3.14. The van der Waals surface area contributed by atoms with Crippen molar-refractivity contribution in [1.29, 1.82) is 0 Å². The number of aryl methyl sites for hydroxylation is 1. The Labute approximate surface area is 187 Å². The number of hydrogen-bond donors (Lipinski definition) is 1. The van der Waals surface area contributed by atoms with E-state index in [2.05, 4.69) is 79.5 Å². The molecule has 0 bridgehead atoms. The van der Waals surface area contributed by atoms with E-state index < -0.39 is 0 Å². The van der Waals surface area contributed by atoms with Crippen LogP contribution in [0.25, 0.3) is 0 Å². The molecule has 1 atom stereocenters. The first-order chi connectivity index (χ1) is 13.6. The smallest absolute Gasteiger partial charge is 0.179 e. The van der Waals surface area contributed by atoms with Gasteiger partial charge >= 0.3 is 0 Å². The second kappa shape index (κ2) is 8.30. The third kappa shape index (κ3) is 3.72. The Hall–Kier alpha value is -1.78. The normalized spacial score (nSPS) is 16.0. The molecule has 0 amide bonds. The topological polar surface area (TPSA) is 58.9 Å². The van der Waals surface area contributed by atoms with Crippen LogP contribution in [0.5, 0.6) is 0 Å². The molecule has 0 fully saturated rings. The molecule has 144 valence electrons. The van der Waals surface area contributed by atoms with E-state index in [9.17, 15) is 0 Å². The number of fused-ring (bicyclic) bond motifs is 1. The Bertz CT molecular complexity index is 1010. The average molecular weight is 525 g/mol. The number of anilines is 2. The predicted molar refractivity (Wildman–Crippen MR) is 124 cm³/mol. The van der Waals surface area contributed by atoms with Gasteiger partial charge in [0.05, 0.1) is 0 Å². The number of benzene rings is 2. The van der Waals surface area contributed by atoms with Crippen LogP contribution < -0.4 is 10.2 Å². The van der Waals surface area contributed by atoms with Gasteiger partial charge in [-0.05, 0) is 88.1 Å². The Balaban J connectivity index is 1.87. The number of halogens is 2. The van der Waals surface area contributed by atoms with Crippen LogP contribution in [0.2, 0.25) is 5.02 Å². The third-order valence-electron chi connectivity index (χ3n) is 4.66. The van der Waals surface area contributed by atoms with Crippen LogP contribution in [0, 0.1) is 3.57 Å². The standard InChI is InChI=1S/C19H18ClIN6S/c1-2-3-10-26-18(23-24-25-26)17-15-9-4-12(20)11-16(15)22-19(28)27(17)14-7-5-13(21)6-8-14/h4-9,11,17H,2-3,10H2,1H3,(H,22,28). The van der Waals surface area contributed by atoms with Gasteiger partial charge < -0.3 is 10.2 Å². The van der Waals surface area contributed by atoms with E-state index in [1.54, 1.807) is 0 Å². The fraction of sp³-hybridized carbons (Fsp3) is 0.263. The maximum atomic E-state index is 6.22. The first-order valence-corrected chi connectivity index (χ1v) is 10.9. The quantitative estimate of drug-likeness (QED) is 0.373. The molecular weight excluding hydrogens is 507 g/mol. The third-order valence-corrected chi connectivity index (χ3v) is 5.91. The van der Waals surface area contributed by atoms with E-state index in [-0.39, 0.29) is 6.04 Å². The van der Waals surface area contributed by atoms with Crippen LogP contribution in [0.3, 0.4) is 0 Å². The fourth-order valence-electron chi connectivity index (χ4n) is 3.30. The molecule has 1 unspecified atom stereocenters. The van der Waals surface area contributed by atoms with E-state index in [0.717, 1.165) is 45.7 Å². The van der Waals surface area contributed by atoms with Crippen molar-refractivity contribution in [2.45, 2.75) is 32.4 Å². The highest BCUT2D eigenvalue weighted by Gasteiger charge is 2.36. The van der Waals surface area contributed by atoms with Gasteiger partial charge in [0.15, 0.2) is 10.9 Å². The van der Waals surface area contributed by atoms with Crippen molar-refractivity contribution in [3.05, 3.63) is 62.4 Å². The van der Waals surface area contributed by atoms with Gasteiger partial charge in [0.1, 0.15) is 6.04 Å². The zero-order valence-corrected chi connectivity index (χ0v) is 18.9. The molecule has 1 aliphatic rings. The van der Waals surface area contributed by atoms with Gasteiger partial charge in [0, 0.05) is 32.1 Å². The van der Waals surface area contributed by atoms with Crippen LogP contribution in [0.15, 0.2) is 42.5 Å². The number of hydrogen-bond acceptors (Lipinski definition) is 4. The van der Waals surface area contributed by atoms with Gasteiger partial charge in [-0.1, -0.05) is 31.0 Å². The van der Waals surface area contributed by atoms with Crippen molar-refractivity contribution in [2.24, 2.45) is 0 Å². The highest BCUT2D eigenvalue weighted by atomic mass is 127. The summed E-state index contributed by atoms with van der Waals surface area (Å²) >= 11 is 14.3. The number of aromatic nitrogens is 4. The number of unbranched alkanes of at least 4 members (excludes halogenated alkanes) is 1. The summed E-state index contributed by atoms with van der Waals surface area (Å²) in [4.78, 5) is 2.07. The number of nitrogens with zero attached hydrogens (tertiary/aromatic N) is 5. The van der Waals surface area contributed by atoms with Crippen molar-refractivity contribution < 1.29 is 0 Å². The Morgan fingerprint density at radius 1 is 1.21 bits per heavy atom. The summed E-state index contributed by atoms with van der Waals surface area (Å²) in [6, 6.07) is 13.8. The zero-order valence-electron chi connectivity index (χ0n) is 15.1. The van der Waals surface area contributed by atoms with Crippen molar-refractivity contribution in [1.82, 2.24) is 20.2 Å². The Kier molecular flexibility index (Phi) is 5.79. The van der Waals surface area contributed by atoms with Crippen molar-refractivity contribution >= 4 is 62.9 Å². The number of thiocarbonyl (C=S) groups is 1. The molecule has 6 nitrogen and oxygen atoms in total. The highest BCUT2D eigenvalue weighted by Crippen LogP contribution is 2.40. The summed E-state index contributed by atoms with van der Waals surface area (Å²) < 4.78 is 3.04. The van der Waals surface area contributed by atoms with Crippen LogP contribution in [-0.4, -0.2) is 25.3 Å². The van der Waals surface area contributed by atoms with Crippen LogP contribution in [0.1, 0.15) is 37.2 Å². The minimum absolute atomic E-state index is 0.243. The van der Waals surface area contributed by atoms with Crippen molar-refractivity contribution in [3.8, 4) is 0 Å². The van der Waals surface area contributed by atoms with Crippen molar-refractivity contribution in [3.63, 3.8) is 0 Å². The maximum Gasteiger partial charge on any atom is 0.179 e. The monoisotopic (exact) mass is 524 g/mol. The lowest BCUT2D eigenvalue weighted by Gasteiger charge is -2.38. The molecule has 2 aromatic carbocycles. The second-order valence-corrected chi connectivity index (χ2v) is 8.59. The van der Waals surface area contributed by atoms with E-state index in [1.165, 1.54) is 0 Å². The number of rotatable bonds is 5. The SMILES string of the molecule is CCCCn1nnnc1C1c2ccc(Cl)cc2NC(=S)N1c1ccc(I)cc1. The number of nitrogens with one attached hydrogen (secondary N) is 1. The molecule has 4 rings (SSSR count). The zero-order chi connectivity index (χ0) is 19.7. The van der Waals surface area contributed by atoms with E-state index >= 15 is 0 Å². The first-order valence-electron chi connectivity index (χ1n) is 8.99. The van der Waals surface area contributed by atoms with Crippen LogP contribution in [-0.2, 0) is 6.54 Å². The van der Waals surface area contributed by atoms with Gasteiger partial charge in [-0.3, -0.25) is 0 Å². The summed E-state index contributed by atoms with van der Waals surface area (Å²) in [5.74, 6) is 0.763. The largest absolute Gasteiger partial charge is 0.332 e. The molecule has 1 aromatic heterocycles. The number of tetrazole rings is 1. The fourth-order valence-corrected chi connectivity index (χ4v) is 4.16.